The minimum absolute atomic E-state index is 0.0131. The van der Waals surface area contributed by atoms with Gasteiger partial charge in [0.15, 0.2) is 0 Å². The molecule has 6 rings (SSSR count). The lowest BCUT2D eigenvalue weighted by molar-refractivity contribution is -0.161. The highest BCUT2D eigenvalue weighted by molar-refractivity contribution is 9.09. The maximum Gasteiger partial charge on any atom is 0.313 e. The first-order valence-electron chi connectivity index (χ1n) is 18.6. The smallest absolute Gasteiger partial charge is 0.313 e. The number of amides is 3. The molecule has 3 saturated heterocycles. The Labute approximate surface area is 314 Å². The Morgan fingerprint density at radius 3 is 2.40 bits per heavy atom. The third-order valence-electron chi connectivity index (χ3n) is 11.3. The number of ether oxygens (including phenoxy) is 2. The molecule has 11 heteroatoms. The third-order valence-corrected chi connectivity index (χ3v) is 12.1. The zero-order chi connectivity index (χ0) is 36.8. The second-order valence-electron chi connectivity index (χ2n) is 14.5. The van der Waals surface area contributed by atoms with Crippen molar-refractivity contribution in [3.05, 3.63) is 97.1 Å². The largest absolute Gasteiger partial charge is 0.455 e. The molecule has 2 aromatic carbocycles. The van der Waals surface area contributed by atoms with Crippen molar-refractivity contribution in [1.29, 1.82) is 0 Å². The summed E-state index contributed by atoms with van der Waals surface area (Å²) in [6.07, 6.45) is 8.10. The fraction of sp³-hybridized carbons (Fsp3) is 0.512. The summed E-state index contributed by atoms with van der Waals surface area (Å²) < 4.78 is 13.0. The van der Waals surface area contributed by atoms with Gasteiger partial charge in [0.1, 0.15) is 17.7 Å². The standard InChI is InChI=1S/C41H50BrN3O7/c1-3-5-21-33(47)43-25-32(28-17-11-7-12-18-28)51-40(50)34-35-38(48)45(30(26-46)23-27-15-9-6-10-16-27)37(41(35)24-31(42)36(34)52-41)39(49)44(22-4-2)29-19-13-8-14-20-29/h3-4,6-7,9-12,15-18,29-32,34-37,46H,1-2,5,8,13-14,19-26H2,(H,43,47)/t30-,31?,32-,34+,35-,36+,37+,41-/m1/s1. The van der Waals surface area contributed by atoms with Crippen LogP contribution >= 0.6 is 15.9 Å². The van der Waals surface area contributed by atoms with Gasteiger partial charge < -0.3 is 29.7 Å². The molecule has 52 heavy (non-hydrogen) atoms. The highest BCUT2D eigenvalue weighted by Crippen LogP contribution is 2.61. The van der Waals surface area contributed by atoms with Crippen LogP contribution in [0.1, 0.15) is 68.6 Å². The highest BCUT2D eigenvalue weighted by Gasteiger charge is 2.77. The summed E-state index contributed by atoms with van der Waals surface area (Å²) in [7, 11) is 0. The number of hydrogen-bond acceptors (Lipinski definition) is 7. The average Bonchev–Trinajstić information content (AvgIpc) is 3.77. The Morgan fingerprint density at radius 1 is 1.06 bits per heavy atom. The second-order valence-corrected chi connectivity index (χ2v) is 15.7. The molecule has 2 bridgehead atoms. The number of likely N-dealkylation sites (tertiary alicyclic amines) is 1. The van der Waals surface area contributed by atoms with Crippen LogP contribution in [0.4, 0.5) is 0 Å². The number of nitrogens with zero attached hydrogens (tertiary/aromatic N) is 2. The lowest BCUT2D eigenvalue weighted by Crippen LogP contribution is -2.60. The zero-order valence-corrected chi connectivity index (χ0v) is 31.2. The highest BCUT2D eigenvalue weighted by atomic mass is 79.9. The molecular weight excluding hydrogens is 726 g/mol. The van der Waals surface area contributed by atoms with E-state index in [4.69, 9.17) is 9.47 Å². The molecule has 8 atom stereocenters. The number of benzene rings is 2. The fourth-order valence-electron chi connectivity index (χ4n) is 8.90. The van der Waals surface area contributed by atoms with Crippen molar-refractivity contribution in [2.75, 3.05) is 19.7 Å². The van der Waals surface area contributed by atoms with Gasteiger partial charge in [-0.15, -0.1) is 13.2 Å². The Balaban J connectivity index is 1.36. The van der Waals surface area contributed by atoms with E-state index in [0.717, 1.165) is 37.7 Å². The van der Waals surface area contributed by atoms with E-state index in [1.165, 1.54) is 4.90 Å². The molecule has 0 aromatic heterocycles. The third kappa shape index (κ3) is 7.50. The van der Waals surface area contributed by atoms with E-state index in [1.54, 1.807) is 12.2 Å². The molecule has 278 valence electrons. The minimum Gasteiger partial charge on any atom is -0.455 e. The number of fused-ring (bicyclic) bond motifs is 1. The van der Waals surface area contributed by atoms with Crippen LogP contribution in [0.3, 0.4) is 0 Å². The van der Waals surface area contributed by atoms with Gasteiger partial charge in [-0.2, -0.15) is 0 Å². The van der Waals surface area contributed by atoms with E-state index in [-0.39, 0.29) is 42.3 Å². The van der Waals surface area contributed by atoms with Gasteiger partial charge in [-0.3, -0.25) is 19.2 Å². The van der Waals surface area contributed by atoms with Gasteiger partial charge in [-0.25, -0.2) is 0 Å². The van der Waals surface area contributed by atoms with Gasteiger partial charge in [0.25, 0.3) is 0 Å². The van der Waals surface area contributed by atoms with Crippen molar-refractivity contribution in [3.63, 3.8) is 0 Å². The molecular formula is C41H50BrN3O7. The topological polar surface area (TPSA) is 125 Å². The molecule has 1 spiro atoms. The van der Waals surface area contributed by atoms with Crippen molar-refractivity contribution in [2.45, 2.75) is 98.5 Å². The Bertz CT molecular complexity index is 1600. The Hall–Kier alpha value is -3.80. The number of alkyl halides is 1. The zero-order valence-electron chi connectivity index (χ0n) is 29.6. The SMILES string of the molecule is C=CCCC(=O)NC[C@@H](OC(=O)[C@@H]1[C@H]2O[C@@]3(CC2Br)[C@H](C(=O)N(CC=C)C2CCCCC2)N([C@@H](CO)Cc2ccccc2)C(=O)[C@@H]13)c1ccccc1. The minimum atomic E-state index is -1.32. The first kappa shape index (κ1) is 37.9. The van der Waals surface area contributed by atoms with Crippen LogP contribution in [0.25, 0.3) is 0 Å². The molecule has 3 aliphatic heterocycles. The molecule has 3 amide bonds. The van der Waals surface area contributed by atoms with Crippen molar-refractivity contribution in [3.8, 4) is 0 Å². The van der Waals surface area contributed by atoms with E-state index in [9.17, 15) is 19.5 Å². The van der Waals surface area contributed by atoms with Crippen LogP contribution in [0.5, 0.6) is 0 Å². The number of hydrogen-bond donors (Lipinski definition) is 2. The van der Waals surface area contributed by atoms with Crippen molar-refractivity contribution >= 4 is 39.6 Å². The quantitative estimate of drug-likeness (QED) is 0.139. The van der Waals surface area contributed by atoms with E-state index in [1.807, 2.05) is 65.6 Å². The van der Waals surface area contributed by atoms with Crippen molar-refractivity contribution < 1.29 is 33.8 Å². The number of carbonyl (C=O) groups excluding carboxylic acids is 4. The van der Waals surface area contributed by atoms with Gasteiger partial charge in [-0.05, 0) is 43.2 Å². The number of aliphatic hydroxyl groups excluding tert-OH is 1. The van der Waals surface area contributed by atoms with Crippen LogP contribution in [-0.4, -0.2) is 93.0 Å². The summed E-state index contributed by atoms with van der Waals surface area (Å²) >= 11 is 3.77. The van der Waals surface area contributed by atoms with E-state index >= 15 is 4.79 Å². The van der Waals surface area contributed by atoms with Crippen LogP contribution in [0.2, 0.25) is 0 Å². The molecule has 10 nitrogen and oxygen atoms in total. The van der Waals surface area contributed by atoms with E-state index < -0.39 is 53.6 Å². The van der Waals surface area contributed by atoms with Crippen LogP contribution in [-0.2, 0) is 35.1 Å². The van der Waals surface area contributed by atoms with Gasteiger partial charge >= 0.3 is 5.97 Å². The summed E-state index contributed by atoms with van der Waals surface area (Å²) in [5.41, 5.74) is 0.277. The monoisotopic (exact) mass is 775 g/mol. The van der Waals surface area contributed by atoms with Crippen LogP contribution in [0, 0.1) is 11.8 Å². The van der Waals surface area contributed by atoms with E-state index in [2.05, 4.69) is 34.4 Å². The lowest BCUT2D eigenvalue weighted by atomic mass is 9.70. The first-order chi connectivity index (χ1) is 25.2. The molecule has 1 saturated carbocycles. The predicted molar refractivity (Wildman–Crippen MR) is 200 cm³/mol. The fourth-order valence-corrected chi connectivity index (χ4v) is 9.84. The van der Waals surface area contributed by atoms with Crippen molar-refractivity contribution in [2.24, 2.45) is 11.8 Å². The van der Waals surface area contributed by atoms with Gasteiger partial charge in [-0.1, -0.05) is 108 Å². The second kappa shape index (κ2) is 16.9. The molecule has 3 heterocycles. The molecule has 2 aromatic rings. The number of esters is 1. The number of nitrogens with one attached hydrogen (secondary N) is 1. The summed E-state index contributed by atoms with van der Waals surface area (Å²) in [4.78, 5) is 60.2. The Kier molecular flexibility index (Phi) is 12.3. The summed E-state index contributed by atoms with van der Waals surface area (Å²) in [6.45, 7) is 7.61. The van der Waals surface area contributed by atoms with Crippen molar-refractivity contribution in [1.82, 2.24) is 15.1 Å². The molecule has 0 radical (unpaired) electrons. The molecule has 1 aliphatic carbocycles. The van der Waals surface area contributed by atoms with Crippen LogP contribution in [0.15, 0.2) is 86.0 Å². The normalized spacial score (nSPS) is 27.8. The number of halogens is 1. The molecule has 2 N–H and O–H groups in total. The molecule has 1 unspecified atom stereocenters. The maximum absolute atomic E-state index is 15.1. The summed E-state index contributed by atoms with van der Waals surface area (Å²) in [5.74, 6) is -3.49. The average molecular weight is 777 g/mol. The number of aliphatic hydroxyl groups is 1. The Morgan fingerprint density at radius 2 is 1.75 bits per heavy atom. The molecule has 4 fully saturated rings. The van der Waals surface area contributed by atoms with E-state index in [0.29, 0.717) is 31.4 Å². The summed E-state index contributed by atoms with van der Waals surface area (Å²) in [5, 5.41) is 13.8. The van der Waals surface area contributed by atoms with Gasteiger partial charge in [0.2, 0.25) is 17.7 Å². The summed E-state index contributed by atoms with van der Waals surface area (Å²) in [6, 6.07) is 16.9. The number of allylic oxidation sites excluding steroid dienone is 1. The first-order valence-corrected chi connectivity index (χ1v) is 19.5. The number of carbonyl (C=O) groups is 4. The van der Waals surface area contributed by atoms with Crippen LogP contribution < -0.4 is 5.32 Å². The molecule has 4 aliphatic rings. The maximum atomic E-state index is 15.1. The predicted octanol–water partition coefficient (Wildman–Crippen LogP) is 5.05. The number of rotatable bonds is 16. The lowest BCUT2D eigenvalue weighted by Gasteiger charge is -2.42. The van der Waals surface area contributed by atoms with Gasteiger partial charge in [0.05, 0.1) is 37.1 Å². The van der Waals surface area contributed by atoms with Gasteiger partial charge in [0, 0.05) is 23.8 Å².